The molecule has 0 radical (unpaired) electrons. The molecule has 0 saturated heterocycles. The molecule has 0 fully saturated rings. The maximum atomic E-state index is 11.4. The molecule has 2 aromatic rings. The van der Waals surface area contributed by atoms with E-state index in [1.807, 2.05) is 13.0 Å². The van der Waals surface area contributed by atoms with Gasteiger partial charge < -0.3 is 9.84 Å². The summed E-state index contributed by atoms with van der Waals surface area (Å²) in [6.07, 6.45) is 0. The van der Waals surface area contributed by atoms with Gasteiger partial charge in [-0.15, -0.1) is 11.3 Å². The van der Waals surface area contributed by atoms with Crippen LogP contribution < -0.4 is 0 Å². The van der Waals surface area contributed by atoms with E-state index in [2.05, 4.69) is 4.74 Å². The number of thiophene rings is 1. The van der Waals surface area contributed by atoms with Crippen LogP contribution in [0.15, 0.2) is 29.6 Å². The predicted octanol–water partition coefficient (Wildman–Crippen LogP) is 3.21. The first kappa shape index (κ1) is 13.3. The molecule has 5 heteroatoms. The van der Waals surface area contributed by atoms with Crippen LogP contribution >= 0.6 is 11.3 Å². The third-order valence-corrected chi connectivity index (χ3v) is 3.61. The number of aryl methyl sites for hydroxylation is 1. The minimum absolute atomic E-state index is 0.231. The zero-order valence-electron chi connectivity index (χ0n) is 10.5. The number of hydrogen-bond donors (Lipinski definition) is 1. The second-order valence-electron chi connectivity index (χ2n) is 4.05. The number of carbonyl (C=O) groups excluding carboxylic acids is 1. The summed E-state index contributed by atoms with van der Waals surface area (Å²) in [6, 6.07) is 6.86. The fourth-order valence-electron chi connectivity index (χ4n) is 1.77. The minimum Gasteiger partial charge on any atom is -0.478 e. The molecule has 1 heterocycles. The van der Waals surface area contributed by atoms with Crippen molar-refractivity contribution in [2.24, 2.45) is 0 Å². The fraction of sp³-hybridized carbons (Fsp3) is 0.143. The van der Waals surface area contributed by atoms with Crippen LogP contribution in [0.1, 0.15) is 25.6 Å². The summed E-state index contributed by atoms with van der Waals surface area (Å²) in [5.41, 5.74) is 2.42. The first-order valence-corrected chi connectivity index (χ1v) is 6.42. The van der Waals surface area contributed by atoms with Gasteiger partial charge in [0.1, 0.15) is 4.88 Å². The summed E-state index contributed by atoms with van der Waals surface area (Å²) in [7, 11) is 1.32. The number of rotatable bonds is 3. The minimum atomic E-state index is -0.982. The number of methoxy groups -OCH3 is 1. The molecule has 0 aliphatic carbocycles. The number of benzene rings is 1. The Bertz CT molecular complexity index is 643. The molecule has 0 unspecified atom stereocenters. The van der Waals surface area contributed by atoms with E-state index in [0.717, 1.165) is 5.56 Å². The first-order valence-electron chi connectivity index (χ1n) is 5.54. The highest BCUT2D eigenvalue weighted by atomic mass is 32.1. The average Bonchev–Trinajstić information content (AvgIpc) is 2.87. The molecule has 0 aliphatic heterocycles. The summed E-state index contributed by atoms with van der Waals surface area (Å²) < 4.78 is 4.64. The zero-order valence-corrected chi connectivity index (χ0v) is 11.3. The van der Waals surface area contributed by atoms with E-state index in [0.29, 0.717) is 16.0 Å². The van der Waals surface area contributed by atoms with Crippen LogP contribution in [0.3, 0.4) is 0 Å². The quantitative estimate of drug-likeness (QED) is 0.874. The molecule has 0 spiro atoms. The van der Waals surface area contributed by atoms with Crippen LogP contribution in [0.2, 0.25) is 0 Å². The highest BCUT2D eigenvalue weighted by Gasteiger charge is 2.15. The van der Waals surface area contributed by atoms with E-state index in [4.69, 9.17) is 0 Å². The summed E-state index contributed by atoms with van der Waals surface area (Å²) in [6.45, 7) is 1.84. The van der Waals surface area contributed by atoms with Gasteiger partial charge in [-0.05, 0) is 35.6 Å². The third kappa shape index (κ3) is 2.66. The number of carboxylic acids is 1. The Labute approximate surface area is 114 Å². The molecular weight excluding hydrogens is 264 g/mol. The Kier molecular flexibility index (Phi) is 3.66. The van der Waals surface area contributed by atoms with Crippen LogP contribution in [0, 0.1) is 6.92 Å². The van der Waals surface area contributed by atoms with Crippen molar-refractivity contribution in [3.63, 3.8) is 0 Å². The van der Waals surface area contributed by atoms with Crippen LogP contribution in [0.25, 0.3) is 11.1 Å². The molecule has 19 heavy (non-hydrogen) atoms. The number of hydrogen-bond acceptors (Lipinski definition) is 4. The molecule has 4 nitrogen and oxygen atoms in total. The maximum Gasteiger partial charge on any atom is 0.348 e. The van der Waals surface area contributed by atoms with Gasteiger partial charge in [-0.25, -0.2) is 9.59 Å². The Hall–Kier alpha value is -2.14. The lowest BCUT2D eigenvalue weighted by Gasteiger charge is -2.05. The lowest BCUT2D eigenvalue weighted by molar-refractivity contribution is 0.0605. The molecule has 0 bridgehead atoms. The standard InChI is InChI=1S/C14H12O4S/c1-8-3-4-10(11(5-8)13(15)16)9-6-12(19-7-9)14(17)18-2/h3-7H,1-2H3,(H,15,16). The van der Waals surface area contributed by atoms with Crippen molar-refractivity contribution in [3.05, 3.63) is 45.6 Å². The van der Waals surface area contributed by atoms with E-state index in [1.54, 1.807) is 23.6 Å². The van der Waals surface area contributed by atoms with Crippen LogP contribution in [0.4, 0.5) is 0 Å². The second kappa shape index (κ2) is 5.24. The van der Waals surface area contributed by atoms with Gasteiger partial charge in [-0.3, -0.25) is 0 Å². The number of carboxylic acid groups (broad SMARTS) is 1. The lowest BCUT2D eigenvalue weighted by atomic mass is 10.00. The molecule has 2 rings (SSSR count). The van der Waals surface area contributed by atoms with Crippen molar-refractivity contribution in [1.29, 1.82) is 0 Å². The Morgan fingerprint density at radius 1 is 1.26 bits per heavy atom. The first-order chi connectivity index (χ1) is 9.02. The van der Waals surface area contributed by atoms with Crippen molar-refractivity contribution in [2.75, 3.05) is 7.11 Å². The van der Waals surface area contributed by atoms with Crippen molar-refractivity contribution in [2.45, 2.75) is 6.92 Å². The molecular formula is C14H12O4S. The Morgan fingerprint density at radius 2 is 2.00 bits per heavy atom. The highest BCUT2D eigenvalue weighted by molar-refractivity contribution is 7.12. The smallest absolute Gasteiger partial charge is 0.348 e. The maximum absolute atomic E-state index is 11.4. The van der Waals surface area contributed by atoms with E-state index in [9.17, 15) is 14.7 Å². The molecule has 0 amide bonds. The number of carbonyl (C=O) groups is 2. The van der Waals surface area contributed by atoms with Gasteiger partial charge in [0.2, 0.25) is 0 Å². The molecule has 1 aromatic heterocycles. The topological polar surface area (TPSA) is 63.6 Å². The van der Waals surface area contributed by atoms with Crippen molar-refractivity contribution in [3.8, 4) is 11.1 Å². The fourth-order valence-corrected chi connectivity index (χ4v) is 2.60. The van der Waals surface area contributed by atoms with Crippen molar-refractivity contribution in [1.82, 2.24) is 0 Å². The second-order valence-corrected chi connectivity index (χ2v) is 4.96. The molecule has 0 saturated carbocycles. The SMILES string of the molecule is COC(=O)c1cc(-c2ccc(C)cc2C(=O)O)cs1. The molecule has 1 aromatic carbocycles. The van der Waals surface area contributed by atoms with Gasteiger partial charge in [0.25, 0.3) is 0 Å². The van der Waals surface area contributed by atoms with Crippen LogP contribution in [-0.4, -0.2) is 24.2 Å². The zero-order chi connectivity index (χ0) is 14.0. The van der Waals surface area contributed by atoms with Crippen molar-refractivity contribution < 1.29 is 19.4 Å². The Morgan fingerprint density at radius 3 is 2.63 bits per heavy atom. The summed E-state index contributed by atoms with van der Waals surface area (Å²) in [5.74, 6) is -1.40. The number of esters is 1. The summed E-state index contributed by atoms with van der Waals surface area (Å²) >= 11 is 1.23. The van der Waals surface area contributed by atoms with Gasteiger partial charge >= 0.3 is 11.9 Å². The van der Waals surface area contributed by atoms with Crippen LogP contribution in [0.5, 0.6) is 0 Å². The van der Waals surface area contributed by atoms with Gasteiger partial charge in [0.05, 0.1) is 12.7 Å². The van der Waals surface area contributed by atoms with E-state index < -0.39 is 11.9 Å². The highest BCUT2D eigenvalue weighted by Crippen LogP contribution is 2.29. The molecule has 98 valence electrons. The summed E-state index contributed by atoms with van der Waals surface area (Å²) in [5, 5.41) is 11.0. The van der Waals surface area contributed by atoms with Gasteiger partial charge in [-0.2, -0.15) is 0 Å². The van der Waals surface area contributed by atoms with Crippen LogP contribution in [-0.2, 0) is 4.74 Å². The van der Waals surface area contributed by atoms with Gasteiger partial charge in [-0.1, -0.05) is 17.7 Å². The normalized spacial score (nSPS) is 10.2. The van der Waals surface area contributed by atoms with Gasteiger partial charge in [0.15, 0.2) is 0 Å². The van der Waals surface area contributed by atoms with E-state index in [-0.39, 0.29) is 5.56 Å². The third-order valence-electron chi connectivity index (χ3n) is 2.70. The lowest BCUT2D eigenvalue weighted by Crippen LogP contribution is -2.00. The molecule has 1 N–H and O–H groups in total. The number of aromatic carboxylic acids is 1. The average molecular weight is 276 g/mol. The summed E-state index contributed by atoms with van der Waals surface area (Å²) in [4.78, 5) is 23.1. The van der Waals surface area contributed by atoms with E-state index in [1.165, 1.54) is 18.4 Å². The Balaban J connectivity index is 2.50. The van der Waals surface area contributed by atoms with Crippen molar-refractivity contribution >= 4 is 23.3 Å². The number of ether oxygens (including phenoxy) is 1. The molecule has 0 atom stereocenters. The monoisotopic (exact) mass is 276 g/mol. The molecule has 0 aliphatic rings. The largest absolute Gasteiger partial charge is 0.478 e. The van der Waals surface area contributed by atoms with E-state index >= 15 is 0 Å². The van der Waals surface area contributed by atoms with Gasteiger partial charge in [0, 0.05) is 0 Å². The predicted molar refractivity (Wildman–Crippen MR) is 72.8 cm³/mol.